The minimum Gasteiger partial charge on any atom is -0.497 e. The summed E-state index contributed by atoms with van der Waals surface area (Å²) in [5.41, 5.74) is 1.35. The van der Waals surface area contributed by atoms with E-state index in [2.05, 4.69) is 10.5 Å². The standard InChI is InChI=1S/C20H27N3O5S/c1-14-20(15(2)28-22-14)29(25,26)23-9-7-16(8-10-23)12-19(24)21-13-17-5-4-6-18(11-17)27-3/h4-6,11,16H,7-10,12-13H2,1-3H3,(H,21,24). The van der Waals surface area contributed by atoms with Crippen molar-refractivity contribution >= 4 is 15.9 Å². The molecule has 0 spiro atoms. The van der Waals surface area contributed by atoms with E-state index in [-0.39, 0.29) is 16.7 Å². The molecule has 0 saturated carbocycles. The predicted molar refractivity (Wildman–Crippen MR) is 107 cm³/mol. The molecule has 1 saturated heterocycles. The molecule has 1 aromatic carbocycles. The van der Waals surface area contributed by atoms with Crippen molar-refractivity contribution in [1.82, 2.24) is 14.8 Å². The summed E-state index contributed by atoms with van der Waals surface area (Å²) in [6, 6.07) is 7.56. The highest BCUT2D eigenvalue weighted by Gasteiger charge is 2.34. The van der Waals surface area contributed by atoms with Gasteiger partial charge in [-0.3, -0.25) is 4.79 Å². The first-order valence-corrected chi connectivity index (χ1v) is 11.1. The van der Waals surface area contributed by atoms with Crippen molar-refractivity contribution in [2.45, 2.75) is 44.6 Å². The number of hydrogen-bond donors (Lipinski definition) is 1. The lowest BCUT2D eigenvalue weighted by molar-refractivity contribution is -0.122. The summed E-state index contributed by atoms with van der Waals surface area (Å²) < 4.78 is 37.4. The number of ether oxygens (including phenoxy) is 1. The second-order valence-electron chi connectivity index (χ2n) is 7.33. The third-order valence-corrected chi connectivity index (χ3v) is 7.38. The van der Waals surface area contributed by atoms with Gasteiger partial charge in [0.2, 0.25) is 15.9 Å². The van der Waals surface area contributed by atoms with E-state index < -0.39 is 10.0 Å². The van der Waals surface area contributed by atoms with E-state index in [1.807, 2.05) is 24.3 Å². The first-order chi connectivity index (χ1) is 13.8. The van der Waals surface area contributed by atoms with Crippen LogP contribution in [0.25, 0.3) is 0 Å². The molecule has 1 aliphatic rings. The molecule has 1 fully saturated rings. The first kappa shape index (κ1) is 21.3. The summed E-state index contributed by atoms with van der Waals surface area (Å²) in [7, 11) is -2.01. The molecule has 2 aromatic rings. The molecule has 29 heavy (non-hydrogen) atoms. The number of nitrogens with one attached hydrogen (secondary N) is 1. The van der Waals surface area contributed by atoms with E-state index >= 15 is 0 Å². The largest absolute Gasteiger partial charge is 0.497 e. The van der Waals surface area contributed by atoms with E-state index in [1.165, 1.54) is 4.31 Å². The Morgan fingerprint density at radius 2 is 2.03 bits per heavy atom. The maximum absolute atomic E-state index is 12.9. The van der Waals surface area contributed by atoms with Crippen molar-refractivity contribution in [3.8, 4) is 5.75 Å². The molecule has 0 bridgehead atoms. The zero-order chi connectivity index (χ0) is 21.0. The van der Waals surface area contributed by atoms with Crippen molar-refractivity contribution in [1.29, 1.82) is 0 Å². The third kappa shape index (κ3) is 4.97. The topological polar surface area (TPSA) is 102 Å². The van der Waals surface area contributed by atoms with Gasteiger partial charge in [-0.05, 0) is 50.3 Å². The number of aromatic nitrogens is 1. The Bertz CT molecular complexity index is 943. The summed E-state index contributed by atoms with van der Waals surface area (Å²) in [5.74, 6) is 1.20. The van der Waals surface area contributed by atoms with Gasteiger partial charge in [0, 0.05) is 26.1 Å². The Balaban J connectivity index is 1.50. The van der Waals surface area contributed by atoms with Crippen LogP contribution in [0, 0.1) is 19.8 Å². The highest BCUT2D eigenvalue weighted by atomic mass is 32.2. The van der Waals surface area contributed by atoms with Gasteiger partial charge in [0.05, 0.1) is 7.11 Å². The van der Waals surface area contributed by atoms with Gasteiger partial charge in [0.1, 0.15) is 16.3 Å². The Hall–Kier alpha value is -2.39. The maximum Gasteiger partial charge on any atom is 0.248 e. The van der Waals surface area contributed by atoms with Crippen LogP contribution in [-0.2, 0) is 21.4 Å². The highest BCUT2D eigenvalue weighted by Crippen LogP contribution is 2.28. The van der Waals surface area contributed by atoms with Crippen LogP contribution in [0.3, 0.4) is 0 Å². The number of carbonyl (C=O) groups excluding carboxylic acids is 1. The van der Waals surface area contributed by atoms with Crippen LogP contribution < -0.4 is 10.1 Å². The molecular formula is C20H27N3O5S. The molecule has 0 unspecified atom stereocenters. The van der Waals surface area contributed by atoms with Gasteiger partial charge in [0.15, 0.2) is 5.76 Å². The number of amides is 1. The quantitative estimate of drug-likeness (QED) is 0.737. The first-order valence-electron chi connectivity index (χ1n) is 9.64. The van der Waals surface area contributed by atoms with Gasteiger partial charge in [-0.2, -0.15) is 4.31 Å². The summed E-state index contributed by atoms with van der Waals surface area (Å²) in [6.45, 7) is 4.45. The molecule has 8 nitrogen and oxygen atoms in total. The Kier molecular flexibility index (Phi) is 6.59. The van der Waals surface area contributed by atoms with Gasteiger partial charge < -0.3 is 14.6 Å². The van der Waals surface area contributed by atoms with Gasteiger partial charge in [-0.1, -0.05) is 17.3 Å². The molecule has 0 atom stereocenters. The lowest BCUT2D eigenvalue weighted by atomic mass is 9.94. The molecule has 158 valence electrons. The number of hydrogen-bond acceptors (Lipinski definition) is 6. The number of piperidine rings is 1. The number of carbonyl (C=O) groups is 1. The second kappa shape index (κ2) is 8.96. The van der Waals surface area contributed by atoms with E-state index in [0.29, 0.717) is 50.4 Å². The molecule has 1 aromatic heterocycles. The summed E-state index contributed by atoms with van der Waals surface area (Å²) in [5, 5.41) is 6.68. The maximum atomic E-state index is 12.9. The number of nitrogens with zero attached hydrogens (tertiary/aromatic N) is 2. The van der Waals surface area contributed by atoms with Crippen molar-refractivity contribution < 1.29 is 22.5 Å². The molecule has 9 heteroatoms. The molecule has 0 aliphatic carbocycles. The second-order valence-corrected chi connectivity index (χ2v) is 9.21. The monoisotopic (exact) mass is 421 g/mol. The van der Waals surface area contributed by atoms with Gasteiger partial charge in [-0.15, -0.1) is 0 Å². The van der Waals surface area contributed by atoms with E-state index in [4.69, 9.17) is 9.26 Å². The Morgan fingerprint density at radius 1 is 1.31 bits per heavy atom. The number of sulfonamides is 1. The molecule has 3 rings (SSSR count). The summed E-state index contributed by atoms with van der Waals surface area (Å²) in [6.07, 6.45) is 1.69. The fraction of sp³-hybridized carbons (Fsp3) is 0.500. The Labute approximate surface area is 171 Å². The van der Waals surface area contributed by atoms with Crippen molar-refractivity contribution in [3.05, 3.63) is 41.3 Å². The molecule has 2 heterocycles. The minimum absolute atomic E-state index is 0.0279. The van der Waals surface area contributed by atoms with E-state index in [9.17, 15) is 13.2 Å². The number of rotatable bonds is 7. The Morgan fingerprint density at radius 3 is 2.66 bits per heavy atom. The molecule has 0 radical (unpaired) electrons. The van der Waals surface area contributed by atoms with Crippen LogP contribution in [-0.4, -0.2) is 44.0 Å². The molecule has 1 amide bonds. The number of methoxy groups -OCH3 is 1. The smallest absolute Gasteiger partial charge is 0.248 e. The predicted octanol–water partition coefficient (Wildman–Crippen LogP) is 2.41. The number of aryl methyl sites for hydroxylation is 2. The van der Waals surface area contributed by atoms with Gasteiger partial charge >= 0.3 is 0 Å². The lowest BCUT2D eigenvalue weighted by Gasteiger charge is -2.30. The normalized spacial score (nSPS) is 16.0. The molecular weight excluding hydrogens is 394 g/mol. The van der Waals surface area contributed by atoms with Crippen LogP contribution in [0.4, 0.5) is 0 Å². The lowest BCUT2D eigenvalue weighted by Crippen LogP contribution is -2.39. The minimum atomic E-state index is -3.62. The molecule has 1 aliphatic heterocycles. The molecule has 1 N–H and O–H groups in total. The van der Waals surface area contributed by atoms with Crippen molar-refractivity contribution in [3.63, 3.8) is 0 Å². The average molecular weight is 422 g/mol. The third-order valence-electron chi connectivity index (χ3n) is 5.24. The van der Waals surface area contributed by atoms with Gasteiger partial charge in [-0.25, -0.2) is 8.42 Å². The van der Waals surface area contributed by atoms with E-state index in [0.717, 1.165) is 11.3 Å². The zero-order valence-electron chi connectivity index (χ0n) is 17.0. The SMILES string of the molecule is COc1cccc(CNC(=O)CC2CCN(S(=O)(=O)c3c(C)noc3C)CC2)c1. The van der Waals surface area contributed by atoms with Gasteiger partial charge in [0.25, 0.3) is 0 Å². The zero-order valence-corrected chi connectivity index (χ0v) is 17.8. The fourth-order valence-electron chi connectivity index (χ4n) is 3.64. The van der Waals surface area contributed by atoms with Crippen molar-refractivity contribution in [2.75, 3.05) is 20.2 Å². The number of benzene rings is 1. The van der Waals surface area contributed by atoms with Crippen molar-refractivity contribution in [2.24, 2.45) is 5.92 Å². The summed E-state index contributed by atoms with van der Waals surface area (Å²) >= 11 is 0. The van der Waals surface area contributed by atoms with Crippen LogP contribution >= 0.6 is 0 Å². The van der Waals surface area contributed by atoms with Crippen LogP contribution in [0.2, 0.25) is 0 Å². The highest BCUT2D eigenvalue weighted by molar-refractivity contribution is 7.89. The van der Waals surface area contributed by atoms with Crippen LogP contribution in [0.5, 0.6) is 5.75 Å². The fourth-order valence-corrected chi connectivity index (χ4v) is 5.40. The summed E-state index contributed by atoms with van der Waals surface area (Å²) in [4.78, 5) is 12.5. The van der Waals surface area contributed by atoms with Crippen LogP contribution in [0.1, 0.15) is 36.3 Å². The van der Waals surface area contributed by atoms with Crippen LogP contribution in [0.15, 0.2) is 33.7 Å². The average Bonchev–Trinajstić information content (AvgIpc) is 3.06. The van der Waals surface area contributed by atoms with E-state index in [1.54, 1.807) is 21.0 Å².